The van der Waals surface area contributed by atoms with Gasteiger partial charge in [-0.15, -0.1) is 11.3 Å². The van der Waals surface area contributed by atoms with Crippen molar-refractivity contribution < 1.29 is 0 Å². The third-order valence-electron chi connectivity index (χ3n) is 2.91. The van der Waals surface area contributed by atoms with Crippen molar-refractivity contribution in [1.29, 1.82) is 0 Å². The maximum absolute atomic E-state index is 5.87. The molecular formula is C12H23N3S. The molecule has 0 fully saturated rings. The third kappa shape index (κ3) is 4.20. The van der Waals surface area contributed by atoms with Crippen molar-refractivity contribution in [3.05, 3.63) is 16.6 Å². The lowest BCUT2D eigenvalue weighted by molar-refractivity contribution is 0.178. The van der Waals surface area contributed by atoms with Gasteiger partial charge in [0.1, 0.15) is 0 Å². The lowest BCUT2D eigenvalue weighted by Crippen LogP contribution is -2.38. The zero-order chi connectivity index (χ0) is 12.0. The topological polar surface area (TPSA) is 42.1 Å². The minimum atomic E-state index is 0.236. The van der Waals surface area contributed by atoms with Crippen LogP contribution in [0.4, 0.5) is 0 Å². The van der Waals surface area contributed by atoms with Crippen LogP contribution in [0.15, 0.2) is 10.9 Å². The van der Waals surface area contributed by atoms with Gasteiger partial charge in [0.25, 0.3) is 0 Å². The summed E-state index contributed by atoms with van der Waals surface area (Å²) in [6, 6.07) is 0. The molecule has 2 N–H and O–H groups in total. The summed E-state index contributed by atoms with van der Waals surface area (Å²) in [4.78, 5) is 6.62. The van der Waals surface area contributed by atoms with E-state index in [0.717, 1.165) is 25.3 Å². The number of hydrogen-bond acceptors (Lipinski definition) is 4. The molecule has 92 valence electrons. The first-order valence-corrected chi connectivity index (χ1v) is 6.79. The Kier molecular flexibility index (Phi) is 5.38. The molecule has 4 heteroatoms. The van der Waals surface area contributed by atoms with Crippen LogP contribution in [0.3, 0.4) is 0 Å². The van der Waals surface area contributed by atoms with Gasteiger partial charge in [0.05, 0.1) is 11.2 Å². The fourth-order valence-corrected chi connectivity index (χ4v) is 2.70. The van der Waals surface area contributed by atoms with Gasteiger partial charge in [-0.2, -0.15) is 0 Å². The molecule has 0 aliphatic heterocycles. The van der Waals surface area contributed by atoms with Crippen molar-refractivity contribution in [3.63, 3.8) is 0 Å². The highest BCUT2D eigenvalue weighted by atomic mass is 32.1. The van der Waals surface area contributed by atoms with E-state index in [0.29, 0.717) is 0 Å². The van der Waals surface area contributed by atoms with Crippen LogP contribution in [0.2, 0.25) is 0 Å². The van der Waals surface area contributed by atoms with Crippen LogP contribution in [0, 0.1) is 5.41 Å². The van der Waals surface area contributed by atoms with Crippen molar-refractivity contribution in [1.82, 2.24) is 9.88 Å². The fourth-order valence-electron chi connectivity index (χ4n) is 2.15. The minimum absolute atomic E-state index is 0.236. The van der Waals surface area contributed by atoms with Crippen molar-refractivity contribution in [3.8, 4) is 0 Å². The first kappa shape index (κ1) is 13.6. The van der Waals surface area contributed by atoms with Crippen LogP contribution in [0.25, 0.3) is 0 Å². The molecule has 0 aliphatic rings. The second-order valence-electron chi connectivity index (χ2n) is 4.92. The maximum Gasteiger partial charge on any atom is 0.0795 e. The molecular weight excluding hydrogens is 218 g/mol. The number of aromatic nitrogens is 1. The van der Waals surface area contributed by atoms with E-state index in [1.165, 1.54) is 12.8 Å². The van der Waals surface area contributed by atoms with E-state index in [9.17, 15) is 0 Å². The molecule has 0 spiro atoms. The van der Waals surface area contributed by atoms with E-state index < -0.39 is 0 Å². The first-order chi connectivity index (χ1) is 7.59. The first-order valence-electron chi connectivity index (χ1n) is 5.85. The summed E-state index contributed by atoms with van der Waals surface area (Å²) >= 11 is 1.65. The van der Waals surface area contributed by atoms with Crippen molar-refractivity contribution >= 4 is 11.3 Å². The number of hydrogen-bond donors (Lipinski definition) is 1. The summed E-state index contributed by atoms with van der Waals surface area (Å²) in [7, 11) is 2.14. The predicted molar refractivity (Wildman–Crippen MR) is 70.5 cm³/mol. The predicted octanol–water partition coefficient (Wildman–Crippen LogP) is 2.34. The minimum Gasteiger partial charge on any atom is -0.330 e. The quantitative estimate of drug-likeness (QED) is 0.796. The zero-order valence-electron chi connectivity index (χ0n) is 10.6. The largest absolute Gasteiger partial charge is 0.330 e. The van der Waals surface area contributed by atoms with Gasteiger partial charge in [-0.1, -0.05) is 20.3 Å². The molecule has 0 amide bonds. The van der Waals surface area contributed by atoms with Gasteiger partial charge in [-0.3, -0.25) is 4.90 Å². The lowest BCUT2D eigenvalue weighted by atomic mass is 9.85. The summed E-state index contributed by atoms with van der Waals surface area (Å²) in [5.41, 5.74) is 9.15. The highest BCUT2D eigenvalue weighted by Crippen LogP contribution is 2.23. The van der Waals surface area contributed by atoms with Crippen LogP contribution < -0.4 is 5.73 Å². The van der Waals surface area contributed by atoms with Gasteiger partial charge in [-0.05, 0) is 25.4 Å². The van der Waals surface area contributed by atoms with E-state index in [2.05, 4.69) is 36.2 Å². The van der Waals surface area contributed by atoms with Crippen LogP contribution in [-0.2, 0) is 6.54 Å². The Balaban J connectivity index is 2.45. The number of rotatable bonds is 7. The summed E-state index contributed by atoms with van der Waals surface area (Å²) in [6.07, 6.45) is 2.38. The standard InChI is InChI=1S/C12H23N3S/c1-4-5-12(2,8-13)9-15(3)6-11-7-16-10-14-11/h7,10H,4-6,8-9,13H2,1-3H3. The molecule has 3 nitrogen and oxygen atoms in total. The Morgan fingerprint density at radius 1 is 1.56 bits per heavy atom. The lowest BCUT2D eigenvalue weighted by Gasteiger charge is -2.32. The van der Waals surface area contributed by atoms with Gasteiger partial charge < -0.3 is 5.73 Å². The average Bonchev–Trinajstić information content (AvgIpc) is 2.70. The van der Waals surface area contributed by atoms with Gasteiger partial charge >= 0.3 is 0 Å². The molecule has 0 saturated carbocycles. The molecule has 1 atom stereocenters. The molecule has 0 bridgehead atoms. The molecule has 1 aromatic rings. The summed E-state index contributed by atoms with van der Waals surface area (Å²) in [5, 5.41) is 2.11. The fraction of sp³-hybridized carbons (Fsp3) is 0.750. The Morgan fingerprint density at radius 3 is 2.81 bits per heavy atom. The van der Waals surface area contributed by atoms with Gasteiger partial charge in [0.15, 0.2) is 0 Å². The van der Waals surface area contributed by atoms with E-state index in [1.54, 1.807) is 11.3 Å². The summed E-state index contributed by atoms with van der Waals surface area (Å²) in [6.45, 7) is 7.20. The van der Waals surface area contributed by atoms with Crippen molar-refractivity contribution in [2.45, 2.75) is 33.2 Å². The second-order valence-corrected chi connectivity index (χ2v) is 5.64. The Hall–Kier alpha value is -0.450. The SMILES string of the molecule is CCCC(C)(CN)CN(C)Cc1cscn1. The molecule has 0 radical (unpaired) electrons. The van der Waals surface area contributed by atoms with E-state index in [4.69, 9.17) is 5.73 Å². The Bertz CT molecular complexity index is 286. The molecule has 0 aromatic carbocycles. The van der Waals surface area contributed by atoms with Crippen LogP contribution in [0.1, 0.15) is 32.4 Å². The van der Waals surface area contributed by atoms with Crippen molar-refractivity contribution in [2.75, 3.05) is 20.1 Å². The molecule has 0 saturated heterocycles. The molecule has 0 aliphatic carbocycles. The zero-order valence-corrected chi connectivity index (χ0v) is 11.4. The molecule has 1 rings (SSSR count). The third-order valence-corrected chi connectivity index (χ3v) is 3.55. The summed E-state index contributed by atoms with van der Waals surface area (Å²) < 4.78 is 0. The Labute approximate surface area is 103 Å². The molecule has 16 heavy (non-hydrogen) atoms. The second kappa shape index (κ2) is 6.33. The molecule has 1 aromatic heterocycles. The van der Waals surface area contributed by atoms with Gasteiger partial charge in [-0.25, -0.2) is 4.98 Å². The van der Waals surface area contributed by atoms with Crippen LogP contribution in [0.5, 0.6) is 0 Å². The highest BCUT2D eigenvalue weighted by Gasteiger charge is 2.23. The van der Waals surface area contributed by atoms with Crippen LogP contribution in [-0.4, -0.2) is 30.0 Å². The van der Waals surface area contributed by atoms with Crippen molar-refractivity contribution in [2.24, 2.45) is 11.1 Å². The van der Waals surface area contributed by atoms with Crippen LogP contribution >= 0.6 is 11.3 Å². The average molecular weight is 241 g/mol. The monoisotopic (exact) mass is 241 g/mol. The smallest absolute Gasteiger partial charge is 0.0795 e. The van der Waals surface area contributed by atoms with Gasteiger partial charge in [0.2, 0.25) is 0 Å². The molecule has 1 heterocycles. The number of nitrogens with zero attached hydrogens (tertiary/aromatic N) is 2. The number of nitrogens with two attached hydrogens (primary N) is 1. The molecule has 1 unspecified atom stereocenters. The maximum atomic E-state index is 5.87. The summed E-state index contributed by atoms with van der Waals surface area (Å²) in [5.74, 6) is 0. The van der Waals surface area contributed by atoms with E-state index in [1.807, 2.05) is 5.51 Å². The Morgan fingerprint density at radius 2 is 2.31 bits per heavy atom. The highest BCUT2D eigenvalue weighted by molar-refractivity contribution is 7.07. The van der Waals surface area contributed by atoms with E-state index >= 15 is 0 Å². The van der Waals surface area contributed by atoms with E-state index in [-0.39, 0.29) is 5.41 Å². The normalized spacial score (nSPS) is 15.3. The number of thiazole rings is 1. The van der Waals surface area contributed by atoms with Gasteiger partial charge in [0, 0.05) is 18.5 Å².